The van der Waals surface area contributed by atoms with E-state index in [1.165, 1.54) is 0 Å². The molecular weight excluding hydrogens is 238 g/mol. The average molecular weight is 273 g/mol. The summed E-state index contributed by atoms with van der Waals surface area (Å²) < 4.78 is 6.12. The van der Waals surface area contributed by atoms with E-state index in [2.05, 4.69) is 77.8 Å². The predicted octanol–water partition coefficient (Wildman–Crippen LogP) is 1.47. The molecule has 0 atom stereocenters. The highest BCUT2D eigenvalue weighted by molar-refractivity contribution is 4.87. The lowest BCUT2D eigenvalue weighted by molar-refractivity contribution is -0.0714. The molecule has 0 unspecified atom stereocenters. The lowest BCUT2D eigenvalue weighted by Crippen LogP contribution is -2.51. The summed E-state index contributed by atoms with van der Waals surface area (Å²) in [5.74, 6) is 0. The van der Waals surface area contributed by atoms with Crippen LogP contribution < -0.4 is 0 Å². The Morgan fingerprint density at radius 2 is 1.00 bits per heavy atom. The fourth-order valence-corrected chi connectivity index (χ4v) is 2.67. The molecule has 4 nitrogen and oxygen atoms in total. The topological polar surface area (TPSA) is 19.0 Å². The van der Waals surface area contributed by atoms with Gasteiger partial charge < -0.3 is 19.4 Å². The van der Waals surface area contributed by atoms with E-state index in [0.717, 1.165) is 26.2 Å². The predicted molar refractivity (Wildman–Crippen MR) is 83.8 cm³/mol. The maximum absolute atomic E-state index is 6.12. The van der Waals surface area contributed by atoms with Crippen LogP contribution in [-0.4, -0.2) is 88.8 Å². The first-order chi connectivity index (χ1) is 8.46. The van der Waals surface area contributed by atoms with Crippen LogP contribution in [0.15, 0.2) is 0 Å². The largest absolute Gasteiger partial charge is 0.375 e. The molecule has 0 heterocycles. The summed E-state index contributed by atoms with van der Waals surface area (Å²) in [4.78, 5) is 6.79. The molecule has 0 aliphatic carbocycles. The van der Waals surface area contributed by atoms with Gasteiger partial charge in [-0.2, -0.15) is 0 Å². The Hall–Kier alpha value is -0.160. The van der Waals surface area contributed by atoms with Gasteiger partial charge in [-0.15, -0.1) is 0 Å². The monoisotopic (exact) mass is 273 g/mol. The van der Waals surface area contributed by atoms with Crippen LogP contribution in [-0.2, 0) is 4.74 Å². The summed E-state index contributed by atoms with van der Waals surface area (Å²) in [5.41, 5.74) is 0.0416. The quantitative estimate of drug-likeness (QED) is 0.666. The van der Waals surface area contributed by atoms with Crippen LogP contribution in [0, 0.1) is 5.41 Å². The van der Waals surface area contributed by atoms with Gasteiger partial charge in [0.25, 0.3) is 0 Å². The van der Waals surface area contributed by atoms with E-state index in [1.807, 2.05) is 0 Å². The summed E-state index contributed by atoms with van der Waals surface area (Å²) in [7, 11) is 12.8. The van der Waals surface area contributed by atoms with Gasteiger partial charge in [0.2, 0.25) is 0 Å². The van der Waals surface area contributed by atoms with Crippen LogP contribution >= 0.6 is 0 Å². The molecule has 0 bridgehead atoms. The average Bonchev–Trinajstić information content (AvgIpc) is 2.09. The fourth-order valence-electron chi connectivity index (χ4n) is 2.67. The fraction of sp³-hybridized carbons (Fsp3) is 1.00. The molecule has 0 radical (unpaired) electrons. The van der Waals surface area contributed by atoms with Gasteiger partial charge in [0, 0.05) is 25.0 Å². The zero-order valence-corrected chi connectivity index (χ0v) is 14.6. The minimum atomic E-state index is -0.0871. The molecule has 0 aliphatic rings. The number of rotatable bonds is 8. The van der Waals surface area contributed by atoms with Crippen molar-refractivity contribution in [3.63, 3.8) is 0 Å². The molecule has 0 saturated heterocycles. The smallest absolute Gasteiger partial charge is 0.0598 e. The Morgan fingerprint density at radius 3 is 1.21 bits per heavy atom. The van der Waals surface area contributed by atoms with Crippen LogP contribution in [0.4, 0.5) is 0 Å². The van der Waals surface area contributed by atoms with E-state index in [4.69, 9.17) is 4.74 Å². The van der Waals surface area contributed by atoms with Crippen molar-refractivity contribution in [3.8, 4) is 0 Å². The first-order valence-corrected chi connectivity index (χ1v) is 7.04. The van der Waals surface area contributed by atoms with Crippen molar-refractivity contribution in [1.82, 2.24) is 14.7 Å². The number of hydrogen-bond donors (Lipinski definition) is 0. The summed E-state index contributed by atoms with van der Waals surface area (Å²) in [6.45, 7) is 10.2. The van der Waals surface area contributed by atoms with E-state index in [1.54, 1.807) is 0 Å². The van der Waals surface area contributed by atoms with E-state index < -0.39 is 0 Å². The molecule has 0 N–H and O–H groups in total. The van der Waals surface area contributed by atoms with Crippen LogP contribution in [0.2, 0.25) is 0 Å². The lowest BCUT2D eigenvalue weighted by atomic mass is 9.86. The maximum atomic E-state index is 6.12. The molecule has 0 aliphatic heterocycles. The van der Waals surface area contributed by atoms with Crippen LogP contribution in [0.1, 0.15) is 20.8 Å². The van der Waals surface area contributed by atoms with Crippen molar-refractivity contribution in [2.24, 2.45) is 5.41 Å². The summed E-state index contributed by atoms with van der Waals surface area (Å²) in [5, 5.41) is 0. The third-order valence-corrected chi connectivity index (χ3v) is 2.77. The molecule has 4 heteroatoms. The van der Waals surface area contributed by atoms with E-state index >= 15 is 0 Å². The number of ether oxygens (including phenoxy) is 1. The van der Waals surface area contributed by atoms with Gasteiger partial charge in [-0.25, -0.2) is 0 Å². The Balaban J connectivity index is 4.98. The summed E-state index contributed by atoms with van der Waals surface area (Å²) >= 11 is 0. The Kier molecular flexibility index (Phi) is 7.51. The second-order valence-electron chi connectivity index (χ2n) is 7.61. The lowest BCUT2D eigenvalue weighted by Gasteiger charge is -2.41. The van der Waals surface area contributed by atoms with E-state index in [0.29, 0.717) is 0 Å². The maximum Gasteiger partial charge on any atom is 0.0598 e. The minimum absolute atomic E-state index is 0.0871. The molecular formula is C15H35N3O. The van der Waals surface area contributed by atoms with Gasteiger partial charge in [0.15, 0.2) is 0 Å². The third kappa shape index (κ3) is 9.38. The van der Waals surface area contributed by atoms with Crippen molar-refractivity contribution >= 4 is 0 Å². The Labute approximate surface area is 120 Å². The zero-order valence-electron chi connectivity index (χ0n) is 14.6. The molecule has 0 rings (SSSR count). The minimum Gasteiger partial charge on any atom is -0.375 e. The molecule has 0 amide bonds. The van der Waals surface area contributed by atoms with Crippen molar-refractivity contribution in [2.75, 3.05) is 68.5 Å². The third-order valence-electron chi connectivity index (χ3n) is 2.77. The molecule has 19 heavy (non-hydrogen) atoms. The van der Waals surface area contributed by atoms with Crippen LogP contribution in [0.5, 0.6) is 0 Å². The molecule has 0 aromatic heterocycles. The second-order valence-corrected chi connectivity index (χ2v) is 7.61. The Morgan fingerprint density at radius 1 is 0.684 bits per heavy atom. The van der Waals surface area contributed by atoms with Gasteiger partial charge in [-0.3, -0.25) is 0 Å². The SMILES string of the molecule is CN(C)CC(COC(C)(C)C)(CN(C)C)CN(C)C. The van der Waals surface area contributed by atoms with Crippen molar-refractivity contribution < 1.29 is 4.74 Å². The molecule has 0 saturated carbocycles. The highest BCUT2D eigenvalue weighted by Gasteiger charge is 2.34. The summed E-state index contributed by atoms with van der Waals surface area (Å²) in [6.07, 6.45) is 0. The molecule has 0 fully saturated rings. The van der Waals surface area contributed by atoms with E-state index in [9.17, 15) is 0 Å². The van der Waals surface area contributed by atoms with Gasteiger partial charge in [-0.1, -0.05) is 0 Å². The van der Waals surface area contributed by atoms with Crippen molar-refractivity contribution in [3.05, 3.63) is 0 Å². The van der Waals surface area contributed by atoms with Gasteiger partial charge in [-0.05, 0) is 63.1 Å². The number of hydrogen-bond acceptors (Lipinski definition) is 4. The normalized spacial score (nSPS) is 13.9. The highest BCUT2D eigenvalue weighted by Crippen LogP contribution is 2.24. The Bertz CT molecular complexity index is 218. The van der Waals surface area contributed by atoms with Gasteiger partial charge in [0.1, 0.15) is 0 Å². The molecule has 0 aromatic rings. The second kappa shape index (κ2) is 7.58. The molecule has 116 valence electrons. The van der Waals surface area contributed by atoms with Crippen molar-refractivity contribution in [1.29, 1.82) is 0 Å². The molecule has 0 aromatic carbocycles. The standard InChI is InChI=1S/C15H35N3O/c1-14(2,3)19-13-15(10-16(4)5,11-17(6)7)12-18(8)9/h10-13H2,1-9H3. The first kappa shape index (κ1) is 18.8. The highest BCUT2D eigenvalue weighted by atomic mass is 16.5. The zero-order chi connectivity index (χ0) is 15.3. The van der Waals surface area contributed by atoms with E-state index in [-0.39, 0.29) is 11.0 Å². The van der Waals surface area contributed by atoms with Crippen LogP contribution in [0.3, 0.4) is 0 Å². The molecule has 0 spiro atoms. The summed E-state index contributed by atoms with van der Waals surface area (Å²) in [6, 6.07) is 0. The first-order valence-electron chi connectivity index (χ1n) is 7.04. The number of nitrogens with zero attached hydrogens (tertiary/aromatic N) is 3. The van der Waals surface area contributed by atoms with Gasteiger partial charge >= 0.3 is 0 Å². The van der Waals surface area contributed by atoms with Crippen LogP contribution in [0.25, 0.3) is 0 Å². The van der Waals surface area contributed by atoms with Gasteiger partial charge in [0.05, 0.1) is 12.2 Å². The van der Waals surface area contributed by atoms with Crippen molar-refractivity contribution in [2.45, 2.75) is 26.4 Å².